The zero-order valence-corrected chi connectivity index (χ0v) is 13.7. The predicted octanol–water partition coefficient (Wildman–Crippen LogP) is 1.44. The molecular formula is C15H19N3O3S. The van der Waals surface area contributed by atoms with Crippen LogP contribution in [0.15, 0.2) is 4.79 Å². The Hall–Kier alpha value is -1.73. The first kappa shape index (κ1) is 15.2. The van der Waals surface area contributed by atoms with Gasteiger partial charge in [-0.25, -0.2) is 4.98 Å². The van der Waals surface area contributed by atoms with Crippen molar-refractivity contribution in [3.8, 4) is 0 Å². The van der Waals surface area contributed by atoms with Crippen LogP contribution in [0.3, 0.4) is 0 Å². The molecule has 3 rings (SSSR count). The molecule has 2 heterocycles. The highest BCUT2D eigenvalue weighted by atomic mass is 32.1. The molecule has 0 aliphatic heterocycles. The first-order valence-corrected chi connectivity index (χ1v) is 8.12. The third kappa shape index (κ3) is 2.34. The molecule has 6 nitrogen and oxygen atoms in total. The number of likely N-dealkylation sites (N-methyl/N-ethyl adjacent to an activating group) is 1. The van der Waals surface area contributed by atoms with Crippen molar-refractivity contribution in [2.45, 2.75) is 32.2 Å². The number of thiophene rings is 1. The van der Waals surface area contributed by atoms with Crippen molar-refractivity contribution in [2.24, 2.45) is 0 Å². The van der Waals surface area contributed by atoms with E-state index in [1.807, 2.05) is 25.9 Å². The van der Waals surface area contributed by atoms with Crippen LogP contribution in [0.2, 0.25) is 0 Å². The highest BCUT2D eigenvalue weighted by molar-refractivity contribution is 7.18. The molecule has 1 atom stereocenters. The molecule has 0 saturated heterocycles. The molecule has 1 aliphatic rings. The SMILES string of the molecule is Cc1nc2sc3c(c2c(=O)n1CCN(C)C)C(C(=O)O)CC3. The number of aliphatic carboxylic acids is 1. The monoisotopic (exact) mass is 321 g/mol. The van der Waals surface area contributed by atoms with E-state index in [0.717, 1.165) is 17.8 Å². The van der Waals surface area contributed by atoms with Gasteiger partial charge in [-0.2, -0.15) is 0 Å². The zero-order chi connectivity index (χ0) is 16.0. The Kier molecular flexibility index (Phi) is 3.78. The number of carbonyl (C=O) groups is 1. The second-order valence-corrected chi connectivity index (χ2v) is 7.05. The molecule has 0 radical (unpaired) electrons. The summed E-state index contributed by atoms with van der Waals surface area (Å²) in [5, 5.41) is 9.92. The summed E-state index contributed by atoms with van der Waals surface area (Å²) in [4.78, 5) is 32.6. The lowest BCUT2D eigenvalue weighted by Gasteiger charge is -2.14. The van der Waals surface area contributed by atoms with E-state index in [9.17, 15) is 14.7 Å². The number of aryl methyl sites for hydroxylation is 2. The number of rotatable bonds is 4. The fourth-order valence-electron chi connectivity index (χ4n) is 3.04. The number of hydrogen-bond acceptors (Lipinski definition) is 5. The average Bonchev–Trinajstić information content (AvgIpc) is 2.95. The van der Waals surface area contributed by atoms with Crippen LogP contribution in [0.4, 0.5) is 0 Å². The molecule has 0 aromatic carbocycles. The number of nitrogens with zero attached hydrogens (tertiary/aromatic N) is 3. The molecule has 0 amide bonds. The van der Waals surface area contributed by atoms with Gasteiger partial charge in [0.1, 0.15) is 10.7 Å². The molecule has 0 fully saturated rings. The molecule has 0 saturated carbocycles. The molecule has 0 spiro atoms. The fraction of sp³-hybridized carbons (Fsp3) is 0.533. The Morgan fingerprint density at radius 3 is 2.86 bits per heavy atom. The maximum absolute atomic E-state index is 12.9. The lowest BCUT2D eigenvalue weighted by molar-refractivity contribution is -0.138. The number of hydrogen-bond donors (Lipinski definition) is 1. The van der Waals surface area contributed by atoms with Gasteiger partial charge in [0.05, 0.1) is 11.3 Å². The minimum absolute atomic E-state index is 0.102. The molecule has 1 unspecified atom stereocenters. The van der Waals surface area contributed by atoms with Crippen LogP contribution in [0.1, 0.15) is 28.6 Å². The van der Waals surface area contributed by atoms with Gasteiger partial charge in [0.15, 0.2) is 0 Å². The molecule has 7 heteroatoms. The van der Waals surface area contributed by atoms with Crippen molar-refractivity contribution in [3.63, 3.8) is 0 Å². The van der Waals surface area contributed by atoms with E-state index in [4.69, 9.17) is 0 Å². The highest BCUT2D eigenvalue weighted by Gasteiger charge is 2.34. The van der Waals surface area contributed by atoms with E-state index in [0.29, 0.717) is 34.6 Å². The maximum Gasteiger partial charge on any atom is 0.311 e. The summed E-state index contributed by atoms with van der Waals surface area (Å²) < 4.78 is 1.66. The van der Waals surface area contributed by atoms with Gasteiger partial charge in [-0.1, -0.05) is 0 Å². The van der Waals surface area contributed by atoms with Crippen LogP contribution < -0.4 is 5.56 Å². The van der Waals surface area contributed by atoms with Gasteiger partial charge in [0.25, 0.3) is 5.56 Å². The predicted molar refractivity (Wildman–Crippen MR) is 85.9 cm³/mol. The summed E-state index contributed by atoms with van der Waals surface area (Å²) in [6, 6.07) is 0. The second-order valence-electron chi connectivity index (χ2n) is 5.97. The van der Waals surface area contributed by atoms with E-state index >= 15 is 0 Å². The summed E-state index contributed by atoms with van der Waals surface area (Å²) in [7, 11) is 3.91. The lowest BCUT2D eigenvalue weighted by Crippen LogP contribution is -2.29. The summed E-state index contributed by atoms with van der Waals surface area (Å²) in [6.07, 6.45) is 1.31. The number of carboxylic acid groups (broad SMARTS) is 1. The third-order valence-electron chi connectivity index (χ3n) is 4.19. The average molecular weight is 321 g/mol. The van der Waals surface area contributed by atoms with Crippen LogP contribution in [0.5, 0.6) is 0 Å². The Labute approximate surface area is 132 Å². The third-order valence-corrected chi connectivity index (χ3v) is 5.35. The van der Waals surface area contributed by atoms with E-state index in [-0.39, 0.29) is 5.56 Å². The van der Waals surface area contributed by atoms with E-state index in [1.54, 1.807) is 4.57 Å². The topological polar surface area (TPSA) is 75.4 Å². The van der Waals surface area contributed by atoms with Crippen LogP contribution >= 0.6 is 11.3 Å². The van der Waals surface area contributed by atoms with Crippen LogP contribution in [0.25, 0.3) is 10.2 Å². The Balaban J connectivity index is 2.19. The Bertz CT molecular complexity index is 806. The molecular weight excluding hydrogens is 302 g/mol. The molecule has 2 aromatic rings. The van der Waals surface area contributed by atoms with Gasteiger partial charge < -0.3 is 10.0 Å². The smallest absolute Gasteiger partial charge is 0.311 e. The molecule has 1 N–H and O–H groups in total. The van der Waals surface area contributed by atoms with Gasteiger partial charge in [-0.3, -0.25) is 14.2 Å². The van der Waals surface area contributed by atoms with Crippen molar-refractivity contribution in [3.05, 3.63) is 26.6 Å². The summed E-state index contributed by atoms with van der Waals surface area (Å²) >= 11 is 1.47. The highest BCUT2D eigenvalue weighted by Crippen LogP contribution is 2.42. The molecule has 22 heavy (non-hydrogen) atoms. The van der Waals surface area contributed by atoms with Crippen LogP contribution in [-0.4, -0.2) is 46.2 Å². The Morgan fingerprint density at radius 1 is 1.50 bits per heavy atom. The quantitative estimate of drug-likeness (QED) is 0.922. The number of carboxylic acids is 1. The van der Waals surface area contributed by atoms with Gasteiger partial charge in [0, 0.05) is 18.0 Å². The minimum Gasteiger partial charge on any atom is -0.481 e. The van der Waals surface area contributed by atoms with Crippen molar-refractivity contribution in [1.29, 1.82) is 0 Å². The van der Waals surface area contributed by atoms with Gasteiger partial charge in [0.2, 0.25) is 0 Å². The molecule has 118 valence electrons. The largest absolute Gasteiger partial charge is 0.481 e. The first-order chi connectivity index (χ1) is 10.4. The zero-order valence-electron chi connectivity index (χ0n) is 12.9. The molecule has 1 aliphatic carbocycles. The van der Waals surface area contributed by atoms with Gasteiger partial charge >= 0.3 is 5.97 Å². The molecule has 2 aromatic heterocycles. The summed E-state index contributed by atoms with van der Waals surface area (Å²) in [5.74, 6) is -0.729. The molecule has 0 bridgehead atoms. The van der Waals surface area contributed by atoms with Crippen molar-refractivity contribution < 1.29 is 9.90 Å². The number of aromatic nitrogens is 2. The van der Waals surface area contributed by atoms with Gasteiger partial charge in [-0.05, 0) is 39.4 Å². The normalized spacial score (nSPS) is 17.4. The van der Waals surface area contributed by atoms with Crippen molar-refractivity contribution in [1.82, 2.24) is 14.5 Å². The van der Waals surface area contributed by atoms with Crippen molar-refractivity contribution >= 4 is 27.5 Å². The summed E-state index contributed by atoms with van der Waals surface area (Å²) in [5.41, 5.74) is 0.610. The lowest BCUT2D eigenvalue weighted by atomic mass is 10.0. The maximum atomic E-state index is 12.9. The fourth-order valence-corrected chi connectivity index (χ4v) is 4.32. The van der Waals surface area contributed by atoms with E-state index in [2.05, 4.69) is 4.98 Å². The van der Waals surface area contributed by atoms with Crippen LogP contribution in [0, 0.1) is 6.92 Å². The van der Waals surface area contributed by atoms with Crippen molar-refractivity contribution in [2.75, 3.05) is 20.6 Å². The summed E-state index contributed by atoms with van der Waals surface area (Å²) in [6.45, 7) is 3.13. The Morgan fingerprint density at radius 2 is 2.23 bits per heavy atom. The first-order valence-electron chi connectivity index (χ1n) is 7.30. The minimum atomic E-state index is -0.849. The second kappa shape index (κ2) is 5.48. The van der Waals surface area contributed by atoms with E-state index in [1.165, 1.54) is 11.3 Å². The van der Waals surface area contributed by atoms with Crippen LogP contribution in [-0.2, 0) is 17.8 Å². The standard InChI is InChI=1S/C15H19N3O3S/c1-8-16-13-12(14(19)18(8)7-6-17(2)3)11-9(15(20)21)4-5-10(11)22-13/h9H,4-7H2,1-3H3,(H,20,21). The number of fused-ring (bicyclic) bond motifs is 3. The van der Waals surface area contributed by atoms with E-state index < -0.39 is 11.9 Å². The van der Waals surface area contributed by atoms with Gasteiger partial charge in [-0.15, -0.1) is 11.3 Å².